The molecule has 0 aliphatic heterocycles. The SMILES string of the molecule is COc1ccc(O[C@H](C)C(=O)NCc2nc(-c3ccccc3Cl)no2)cc1. The number of hydrogen-bond acceptors (Lipinski definition) is 6. The quantitative estimate of drug-likeness (QED) is 0.667. The van der Waals surface area contributed by atoms with E-state index in [9.17, 15) is 4.79 Å². The lowest BCUT2D eigenvalue weighted by molar-refractivity contribution is -0.127. The van der Waals surface area contributed by atoms with Crippen LogP contribution < -0.4 is 14.8 Å². The summed E-state index contributed by atoms with van der Waals surface area (Å²) in [5, 5.41) is 7.12. The summed E-state index contributed by atoms with van der Waals surface area (Å²) in [6, 6.07) is 14.2. The van der Waals surface area contributed by atoms with Crippen LogP contribution in [-0.2, 0) is 11.3 Å². The first-order valence-corrected chi connectivity index (χ1v) is 8.60. The summed E-state index contributed by atoms with van der Waals surface area (Å²) in [4.78, 5) is 16.4. The molecule has 0 spiro atoms. The van der Waals surface area contributed by atoms with Crippen LogP contribution in [0.2, 0.25) is 5.02 Å². The lowest BCUT2D eigenvalue weighted by Crippen LogP contribution is -2.35. The number of rotatable bonds is 7. The van der Waals surface area contributed by atoms with Crippen molar-refractivity contribution >= 4 is 17.5 Å². The van der Waals surface area contributed by atoms with Crippen LogP contribution in [0.4, 0.5) is 0 Å². The molecule has 8 heteroatoms. The third kappa shape index (κ3) is 4.77. The van der Waals surface area contributed by atoms with E-state index in [0.717, 1.165) is 0 Å². The first-order valence-electron chi connectivity index (χ1n) is 8.22. The number of carbonyl (C=O) groups is 1. The fourth-order valence-corrected chi connectivity index (χ4v) is 2.52. The van der Waals surface area contributed by atoms with Crippen LogP contribution in [0.1, 0.15) is 12.8 Å². The van der Waals surface area contributed by atoms with Crippen LogP contribution >= 0.6 is 11.6 Å². The van der Waals surface area contributed by atoms with E-state index in [0.29, 0.717) is 27.9 Å². The molecule has 0 saturated heterocycles. The molecule has 1 atom stereocenters. The molecule has 1 N–H and O–H groups in total. The molecule has 1 amide bonds. The van der Waals surface area contributed by atoms with Crippen molar-refractivity contribution in [1.29, 1.82) is 0 Å². The Balaban J connectivity index is 1.55. The molecule has 1 heterocycles. The molecule has 2 aromatic carbocycles. The smallest absolute Gasteiger partial charge is 0.261 e. The van der Waals surface area contributed by atoms with Gasteiger partial charge in [0.25, 0.3) is 5.91 Å². The molecule has 0 saturated carbocycles. The van der Waals surface area contributed by atoms with E-state index in [1.54, 1.807) is 50.4 Å². The van der Waals surface area contributed by atoms with Crippen molar-refractivity contribution in [1.82, 2.24) is 15.5 Å². The number of methoxy groups -OCH3 is 1. The number of amides is 1. The Morgan fingerprint density at radius 2 is 1.89 bits per heavy atom. The first-order chi connectivity index (χ1) is 13.1. The zero-order valence-corrected chi connectivity index (χ0v) is 15.6. The van der Waals surface area contributed by atoms with Gasteiger partial charge in [-0.2, -0.15) is 4.98 Å². The summed E-state index contributed by atoms with van der Waals surface area (Å²) in [5.74, 6) is 1.62. The van der Waals surface area contributed by atoms with Crippen LogP contribution in [-0.4, -0.2) is 29.3 Å². The van der Waals surface area contributed by atoms with Crippen LogP contribution in [0.5, 0.6) is 11.5 Å². The lowest BCUT2D eigenvalue weighted by Gasteiger charge is -2.14. The second kappa shape index (κ2) is 8.55. The fraction of sp³-hybridized carbons (Fsp3) is 0.211. The zero-order valence-electron chi connectivity index (χ0n) is 14.8. The summed E-state index contributed by atoms with van der Waals surface area (Å²) in [5.41, 5.74) is 0.664. The molecule has 0 radical (unpaired) electrons. The third-order valence-corrected chi connectivity index (χ3v) is 4.07. The molecule has 3 aromatic rings. The lowest BCUT2D eigenvalue weighted by atomic mass is 10.2. The molecule has 0 aliphatic rings. The second-order valence-corrected chi connectivity index (χ2v) is 6.05. The molecule has 0 bridgehead atoms. The minimum absolute atomic E-state index is 0.0899. The van der Waals surface area contributed by atoms with Crippen molar-refractivity contribution < 1.29 is 18.8 Å². The van der Waals surface area contributed by atoms with Crippen molar-refractivity contribution in [2.24, 2.45) is 0 Å². The third-order valence-electron chi connectivity index (χ3n) is 3.74. The predicted molar refractivity (Wildman–Crippen MR) is 99.7 cm³/mol. The van der Waals surface area contributed by atoms with Gasteiger partial charge in [0.15, 0.2) is 6.10 Å². The molecule has 0 fully saturated rings. The van der Waals surface area contributed by atoms with Crippen LogP contribution in [0.15, 0.2) is 53.1 Å². The number of halogens is 1. The molecule has 3 rings (SSSR count). The van der Waals surface area contributed by atoms with Gasteiger partial charge in [-0.05, 0) is 43.3 Å². The van der Waals surface area contributed by atoms with E-state index in [-0.39, 0.29) is 18.3 Å². The van der Waals surface area contributed by atoms with Gasteiger partial charge in [0, 0.05) is 5.56 Å². The summed E-state index contributed by atoms with van der Waals surface area (Å²) in [6.45, 7) is 1.75. The largest absolute Gasteiger partial charge is 0.497 e. The van der Waals surface area contributed by atoms with E-state index in [4.69, 9.17) is 25.6 Å². The second-order valence-electron chi connectivity index (χ2n) is 5.64. The summed E-state index contributed by atoms with van der Waals surface area (Å²) in [6.07, 6.45) is -0.690. The number of benzene rings is 2. The Hall–Kier alpha value is -3.06. The average Bonchev–Trinajstić information content (AvgIpc) is 3.15. The Kier molecular flexibility index (Phi) is 5.93. The summed E-state index contributed by atoms with van der Waals surface area (Å²) >= 11 is 6.12. The first kappa shape index (κ1) is 18.7. The van der Waals surface area contributed by atoms with Gasteiger partial charge in [-0.15, -0.1) is 0 Å². The topological polar surface area (TPSA) is 86.5 Å². The fourth-order valence-electron chi connectivity index (χ4n) is 2.30. The summed E-state index contributed by atoms with van der Waals surface area (Å²) in [7, 11) is 1.58. The van der Waals surface area contributed by atoms with E-state index in [2.05, 4.69) is 15.5 Å². The molecular weight excluding hydrogens is 370 g/mol. The molecular formula is C19H18ClN3O4. The minimum Gasteiger partial charge on any atom is -0.497 e. The number of nitrogens with zero attached hydrogens (tertiary/aromatic N) is 2. The Labute approximate surface area is 161 Å². The Morgan fingerprint density at radius 3 is 2.59 bits per heavy atom. The average molecular weight is 388 g/mol. The maximum absolute atomic E-state index is 12.2. The Bertz CT molecular complexity index is 911. The van der Waals surface area contributed by atoms with Gasteiger partial charge < -0.3 is 19.3 Å². The maximum Gasteiger partial charge on any atom is 0.261 e. The molecule has 0 aliphatic carbocycles. The number of aromatic nitrogens is 2. The van der Waals surface area contributed by atoms with Gasteiger partial charge in [0.1, 0.15) is 11.5 Å². The standard InChI is InChI=1S/C19H18ClN3O4/c1-12(26-14-9-7-13(25-2)8-10-14)19(24)21-11-17-22-18(23-27-17)15-5-3-4-6-16(15)20/h3-10,12H,11H2,1-2H3,(H,21,24)/t12-/m1/s1. The van der Waals surface area contributed by atoms with Crippen LogP contribution in [0.25, 0.3) is 11.4 Å². The van der Waals surface area contributed by atoms with Crippen molar-refractivity contribution in [3.05, 3.63) is 59.4 Å². The number of hydrogen-bond donors (Lipinski definition) is 1. The minimum atomic E-state index is -0.690. The Morgan fingerprint density at radius 1 is 1.19 bits per heavy atom. The number of ether oxygens (including phenoxy) is 2. The van der Waals surface area contributed by atoms with Crippen molar-refractivity contribution in [3.63, 3.8) is 0 Å². The summed E-state index contributed by atoms with van der Waals surface area (Å²) < 4.78 is 15.8. The van der Waals surface area contributed by atoms with Crippen LogP contribution in [0, 0.1) is 0 Å². The van der Waals surface area contributed by atoms with Gasteiger partial charge in [-0.1, -0.05) is 28.9 Å². The molecule has 140 valence electrons. The highest BCUT2D eigenvalue weighted by atomic mass is 35.5. The van der Waals surface area contributed by atoms with E-state index < -0.39 is 6.10 Å². The molecule has 1 aromatic heterocycles. The zero-order chi connectivity index (χ0) is 19.2. The van der Waals surface area contributed by atoms with Gasteiger partial charge in [-0.25, -0.2) is 0 Å². The molecule has 7 nitrogen and oxygen atoms in total. The maximum atomic E-state index is 12.2. The van der Waals surface area contributed by atoms with Gasteiger partial charge in [0.05, 0.1) is 18.7 Å². The van der Waals surface area contributed by atoms with E-state index in [1.165, 1.54) is 0 Å². The normalized spacial score (nSPS) is 11.7. The number of carbonyl (C=O) groups excluding carboxylic acids is 1. The highest BCUT2D eigenvalue weighted by Gasteiger charge is 2.17. The van der Waals surface area contributed by atoms with Crippen LogP contribution in [0.3, 0.4) is 0 Å². The van der Waals surface area contributed by atoms with Gasteiger partial charge in [-0.3, -0.25) is 4.79 Å². The van der Waals surface area contributed by atoms with Crippen molar-refractivity contribution in [3.8, 4) is 22.9 Å². The molecule has 0 unspecified atom stereocenters. The van der Waals surface area contributed by atoms with Gasteiger partial charge in [0.2, 0.25) is 11.7 Å². The van der Waals surface area contributed by atoms with E-state index >= 15 is 0 Å². The highest BCUT2D eigenvalue weighted by molar-refractivity contribution is 6.33. The van der Waals surface area contributed by atoms with E-state index in [1.807, 2.05) is 12.1 Å². The van der Waals surface area contributed by atoms with Crippen molar-refractivity contribution in [2.45, 2.75) is 19.6 Å². The predicted octanol–water partition coefficient (Wildman–Crippen LogP) is 3.48. The molecule has 27 heavy (non-hydrogen) atoms. The van der Waals surface area contributed by atoms with Crippen molar-refractivity contribution in [2.75, 3.05) is 7.11 Å². The monoisotopic (exact) mass is 387 g/mol. The van der Waals surface area contributed by atoms with Gasteiger partial charge >= 0.3 is 0 Å². The number of nitrogens with one attached hydrogen (secondary N) is 1. The highest BCUT2D eigenvalue weighted by Crippen LogP contribution is 2.24.